The lowest BCUT2D eigenvalue weighted by Gasteiger charge is -2.48. The molecule has 0 amide bonds. The molecule has 1 saturated carbocycles. The van der Waals surface area contributed by atoms with Crippen LogP contribution in [0.2, 0.25) is 10.0 Å². The predicted molar refractivity (Wildman–Crippen MR) is 90.1 cm³/mol. The molecule has 2 rings (SSSR count). The van der Waals surface area contributed by atoms with Crippen LogP contribution in [0.5, 0.6) is 0 Å². The summed E-state index contributed by atoms with van der Waals surface area (Å²) in [7, 11) is 0. The zero-order valence-corrected chi connectivity index (χ0v) is 14.3. The van der Waals surface area contributed by atoms with E-state index >= 15 is 0 Å². The Labute approximate surface area is 137 Å². The van der Waals surface area contributed by atoms with E-state index in [0.29, 0.717) is 16.5 Å². The van der Waals surface area contributed by atoms with Crippen LogP contribution in [0.4, 0.5) is 0 Å². The quantitative estimate of drug-likeness (QED) is 0.795. The van der Waals surface area contributed by atoms with Crippen molar-refractivity contribution >= 4 is 23.2 Å². The summed E-state index contributed by atoms with van der Waals surface area (Å²) >= 11 is 12.2. The Hall–Kier alpha value is -0.280. The second-order valence-corrected chi connectivity index (χ2v) is 7.24. The van der Waals surface area contributed by atoms with Gasteiger partial charge < -0.3 is 10.8 Å². The summed E-state index contributed by atoms with van der Waals surface area (Å²) in [5, 5.41) is 12.0. The van der Waals surface area contributed by atoms with Crippen LogP contribution in [0.15, 0.2) is 18.2 Å². The van der Waals surface area contributed by atoms with Gasteiger partial charge in [-0.05, 0) is 49.8 Å². The molecule has 1 atom stereocenters. The first-order chi connectivity index (χ1) is 9.87. The third-order valence-electron chi connectivity index (χ3n) is 5.39. The highest BCUT2D eigenvalue weighted by Crippen LogP contribution is 2.49. The highest BCUT2D eigenvalue weighted by atomic mass is 35.5. The van der Waals surface area contributed by atoms with E-state index in [0.717, 1.165) is 37.7 Å². The fraction of sp³-hybridized carbons (Fsp3) is 0.647. The van der Waals surface area contributed by atoms with Crippen LogP contribution in [-0.4, -0.2) is 16.7 Å². The Bertz CT molecular complexity index is 496. The summed E-state index contributed by atoms with van der Waals surface area (Å²) in [5.74, 6) is 0. The summed E-state index contributed by atoms with van der Waals surface area (Å²) < 4.78 is 0. The van der Waals surface area contributed by atoms with Crippen molar-refractivity contribution in [2.45, 2.75) is 69.4 Å². The average molecular weight is 330 g/mol. The molecule has 4 heteroatoms. The molecule has 0 saturated heterocycles. The van der Waals surface area contributed by atoms with E-state index in [-0.39, 0.29) is 11.0 Å². The first kappa shape index (κ1) is 17.1. The van der Waals surface area contributed by atoms with Gasteiger partial charge in [-0.15, -0.1) is 0 Å². The van der Waals surface area contributed by atoms with Gasteiger partial charge in [-0.1, -0.05) is 49.5 Å². The van der Waals surface area contributed by atoms with Crippen molar-refractivity contribution in [3.8, 4) is 0 Å². The SMILES string of the molecule is CCC(N)(CC)CC(O)C1(c2ccc(Cl)c(Cl)c2)CCC1. The van der Waals surface area contributed by atoms with Crippen LogP contribution in [-0.2, 0) is 5.41 Å². The molecule has 1 fully saturated rings. The van der Waals surface area contributed by atoms with Crippen molar-refractivity contribution in [3.05, 3.63) is 33.8 Å². The van der Waals surface area contributed by atoms with Gasteiger partial charge in [-0.25, -0.2) is 0 Å². The Morgan fingerprint density at radius 3 is 2.29 bits per heavy atom. The molecule has 1 aliphatic rings. The minimum Gasteiger partial charge on any atom is -0.392 e. The molecule has 21 heavy (non-hydrogen) atoms. The molecule has 0 radical (unpaired) electrons. The van der Waals surface area contributed by atoms with Gasteiger partial charge in [0.15, 0.2) is 0 Å². The van der Waals surface area contributed by atoms with Gasteiger partial charge in [0.25, 0.3) is 0 Å². The smallest absolute Gasteiger partial charge is 0.0654 e. The van der Waals surface area contributed by atoms with Crippen molar-refractivity contribution < 1.29 is 5.11 Å². The summed E-state index contributed by atoms with van der Waals surface area (Å²) in [6.07, 6.45) is 5.03. The summed E-state index contributed by atoms with van der Waals surface area (Å²) in [6.45, 7) is 4.17. The molecule has 1 aliphatic carbocycles. The number of nitrogens with two attached hydrogens (primary N) is 1. The highest BCUT2D eigenvalue weighted by Gasteiger charge is 2.46. The predicted octanol–water partition coefficient (Wildman–Crippen LogP) is 4.68. The van der Waals surface area contributed by atoms with Crippen LogP contribution in [0, 0.1) is 0 Å². The van der Waals surface area contributed by atoms with E-state index in [4.69, 9.17) is 28.9 Å². The largest absolute Gasteiger partial charge is 0.392 e. The van der Waals surface area contributed by atoms with E-state index in [9.17, 15) is 5.11 Å². The number of hydrogen-bond acceptors (Lipinski definition) is 2. The molecule has 0 bridgehead atoms. The van der Waals surface area contributed by atoms with Gasteiger partial charge in [0.1, 0.15) is 0 Å². The normalized spacial score (nSPS) is 19.1. The lowest BCUT2D eigenvalue weighted by atomic mass is 9.59. The second kappa shape index (κ2) is 6.45. The van der Waals surface area contributed by atoms with Crippen LogP contribution in [0.3, 0.4) is 0 Å². The molecular weight excluding hydrogens is 305 g/mol. The Morgan fingerprint density at radius 1 is 1.24 bits per heavy atom. The van der Waals surface area contributed by atoms with Crippen LogP contribution < -0.4 is 5.73 Å². The molecule has 118 valence electrons. The Morgan fingerprint density at radius 2 is 1.86 bits per heavy atom. The number of halogens is 2. The van der Waals surface area contributed by atoms with Crippen LogP contribution in [0.25, 0.3) is 0 Å². The van der Waals surface area contributed by atoms with E-state index in [1.165, 1.54) is 0 Å². The number of benzene rings is 1. The zero-order chi connectivity index (χ0) is 15.7. The van der Waals surface area contributed by atoms with Crippen molar-refractivity contribution in [3.63, 3.8) is 0 Å². The third-order valence-corrected chi connectivity index (χ3v) is 6.13. The molecule has 3 N–H and O–H groups in total. The van der Waals surface area contributed by atoms with E-state index in [2.05, 4.69) is 13.8 Å². The maximum absolute atomic E-state index is 10.9. The lowest BCUT2D eigenvalue weighted by Crippen LogP contribution is -2.51. The number of aliphatic hydroxyl groups excluding tert-OH is 1. The van der Waals surface area contributed by atoms with E-state index in [1.807, 2.05) is 18.2 Å². The lowest BCUT2D eigenvalue weighted by molar-refractivity contribution is 0.00529. The molecule has 1 aromatic carbocycles. The van der Waals surface area contributed by atoms with Crippen molar-refractivity contribution in [1.29, 1.82) is 0 Å². The summed E-state index contributed by atoms with van der Waals surface area (Å²) in [4.78, 5) is 0. The van der Waals surface area contributed by atoms with Crippen LogP contribution in [0.1, 0.15) is 57.9 Å². The number of rotatable bonds is 6. The molecule has 0 heterocycles. The zero-order valence-electron chi connectivity index (χ0n) is 12.8. The fourth-order valence-corrected chi connectivity index (χ4v) is 3.59. The summed E-state index contributed by atoms with van der Waals surface area (Å²) in [5.41, 5.74) is 6.99. The van der Waals surface area contributed by atoms with Crippen molar-refractivity contribution in [2.75, 3.05) is 0 Å². The first-order valence-electron chi connectivity index (χ1n) is 7.79. The standard InChI is InChI=1S/C17H25Cl2NO/c1-3-16(20,4-2)11-15(21)17(8-5-9-17)12-6-7-13(18)14(19)10-12/h6-7,10,15,21H,3-5,8-9,11,20H2,1-2H3. The molecule has 1 aromatic rings. The van der Waals surface area contributed by atoms with Crippen molar-refractivity contribution in [1.82, 2.24) is 0 Å². The molecule has 0 aromatic heterocycles. The molecule has 0 aliphatic heterocycles. The van der Waals surface area contributed by atoms with Gasteiger partial charge in [0, 0.05) is 11.0 Å². The summed E-state index contributed by atoms with van der Waals surface area (Å²) in [6, 6.07) is 5.72. The van der Waals surface area contributed by atoms with Gasteiger partial charge in [-0.2, -0.15) is 0 Å². The first-order valence-corrected chi connectivity index (χ1v) is 8.55. The van der Waals surface area contributed by atoms with Crippen molar-refractivity contribution in [2.24, 2.45) is 5.73 Å². The average Bonchev–Trinajstić information content (AvgIpc) is 2.41. The minimum atomic E-state index is -0.437. The van der Waals surface area contributed by atoms with Gasteiger partial charge in [-0.3, -0.25) is 0 Å². The Balaban J connectivity index is 2.26. The molecule has 1 unspecified atom stereocenters. The van der Waals surface area contributed by atoms with E-state index in [1.54, 1.807) is 0 Å². The maximum atomic E-state index is 10.9. The van der Waals surface area contributed by atoms with E-state index < -0.39 is 6.10 Å². The van der Waals surface area contributed by atoms with Gasteiger partial charge in [0.05, 0.1) is 16.1 Å². The number of aliphatic hydroxyl groups is 1. The monoisotopic (exact) mass is 329 g/mol. The third kappa shape index (κ3) is 3.24. The fourth-order valence-electron chi connectivity index (χ4n) is 3.30. The Kier molecular flexibility index (Phi) is 5.25. The number of hydrogen-bond donors (Lipinski definition) is 2. The van der Waals surface area contributed by atoms with Gasteiger partial charge in [0.2, 0.25) is 0 Å². The highest BCUT2D eigenvalue weighted by molar-refractivity contribution is 6.42. The van der Waals surface area contributed by atoms with Crippen LogP contribution >= 0.6 is 23.2 Å². The molecular formula is C17H25Cl2NO. The minimum absolute atomic E-state index is 0.205. The molecule has 0 spiro atoms. The van der Waals surface area contributed by atoms with Gasteiger partial charge >= 0.3 is 0 Å². The molecule has 2 nitrogen and oxygen atoms in total. The second-order valence-electron chi connectivity index (χ2n) is 6.43. The topological polar surface area (TPSA) is 46.2 Å². The maximum Gasteiger partial charge on any atom is 0.0654 e.